The van der Waals surface area contributed by atoms with Gasteiger partial charge in [-0.25, -0.2) is 14.4 Å². The minimum absolute atomic E-state index is 0.0734. The zero-order chi connectivity index (χ0) is 13.0. The van der Waals surface area contributed by atoms with E-state index in [4.69, 9.17) is 10.5 Å². The highest BCUT2D eigenvalue weighted by atomic mass is 19.1. The van der Waals surface area contributed by atoms with Gasteiger partial charge in [-0.05, 0) is 17.7 Å². The van der Waals surface area contributed by atoms with Gasteiger partial charge in [0.2, 0.25) is 0 Å². The summed E-state index contributed by atoms with van der Waals surface area (Å²) in [6.07, 6.45) is 1.75. The number of hydrogen-bond acceptors (Lipinski definition) is 4. The Morgan fingerprint density at radius 3 is 2.44 bits per heavy atom. The normalized spacial score (nSPS) is 10.4. The second-order valence-corrected chi connectivity index (χ2v) is 3.81. The Labute approximate surface area is 105 Å². The third-order valence-electron chi connectivity index (χ3n) is 2.66. The fourth-order valence-electron chi connectivity index (χ4n) is 1.65. The number of rotatable bonds is 4. The molecule has 0 saturated heterocycles. The highest BCUT2D eigenvalue weighted by molar-refractivity contribution is 5.30. The van der Waals surface area contributed by atoms with Crippen LogP contribution in [-0.4, -0.2) is 17.1 Å². The summed E-state index contributed by atoms with van der Waals surface area (Å²) in [5.41, 5.74) is 6.96. The summed E-state index contributed by atoms with van der Waals surface area (Å²) in [4.78, 5) is 7.75. The van der Waals surface area contributed by atoms with Crippen molar-refractivity contribution in [3.05, 3.63) is 53.4 Å². The Kier molecular flexibility index (Phi) is 3.84. The Balaban J connectivity index is 2.22. The van der Waals surface area contributed by atoms with Crippen LogP contribution in [0.3, 0.4) is 0 Å². The first kappa shape index (κ1) is 12.4. The second kappa shape index (κ2) is 5.55. The van der Waals surface area contributed by atoms with E-state index in [0.29, 0.717) is 12.1 Å². The van der Waals surface area contributed by atoms with Crippen molar-refractivity contribution in [1.29, 1.82) is 0 Å². The highest BCUT2D eigenvalue weighted by Gasteiger charge is 2.10. The zero-order valence-corrected chi connectivity index (χ0v) is 10.1. The van der Waals surface area contributed by atoms with Gasteiger partial charge < -0.3 is 10.5 Å². The van der Waals surface area contributed by atoms with Gasteiger partial charge in [-0.15, -0.1) is 0 Å². The predicted octanol–water partition coefficient (Wildman–Crippen LogP) is 1.67. The maximum atomic E-state index is 13.9. The van der Waals surface area contributed by atoms with Gasteiger partial charge in [0.05, 0.1) is 18.5 Å². The van der Waals surface area contributed by atoms with Crippen molar-refractivity contribution < 1.29 is 9.13 Å². The van der Waals surface area contributed by atoms with Crippen LogP contribution in [0.5, 0.6) is 5.75 Å². The predicted molar refractivity (Wildman–Crippen MR) is 65.7 cm³/mol. The molecule has 1 aromatic carbocycles. The standard InChI is InChI=1S/C13H14FN3O/c1-18-10-4-2-9(3-5-10)6-11-13(14)12(7-15)17-8-16-11/h2-5,8H,6-7,15H2,1H3. The molecule has 0 aliphatic carbocycles. The molecule has 0 unspecified atom stereocenters. The second-order valence-electron chi connectivity index (χ2n) is 3.81. The molecule has 1 heterocycles. The molecule has 2 aromatic rings. The molecule has 0 atom stereocenters. The molecule has 0 fully saturated rings. The number of benzene rings is 1. The number of nitrogens with two attached hydrogens (primary N) is 1. The third kappa shape index (κ3) is 2.62. The Hall–Kier alpha value is -2.01. The van der Waals surface area contributed by atoms with Crippen molar-refractivity contribution in [3.63, 3.8) is 0 Å². The van der Waals surface area contributed by atoms with Gasteiger partial charge in [0.1, 0.15) is 12.1 Å². The van der Waals surface area contributed by atoms with Crippen LogP contribution in [0, 0.1) is 5.82 Å². The highest BCUT2D eigenvalue weighted by Crippen LogP contribution is 2.16. The maximum absolute atomic E-state index is 13.9. The molecule has 1 aromatic heterocycles. The van der Waals surface area contributed by atoms with Crippen molar-refractivity contribution in [1.82, 2.24) is 9.97 Å². The maximum Gasteiger partial charge on any atom is 0.167 e. The molecule has 0 saturated carbocycles. The van der Waals surface area contributed by atoms with Crippen LogP contribution in [0.1, 0.15) is 17.0 Å². The van der Waals surface area contributed by atoms with Crippen LogP contribution < -0.4 is 10.5 Å². The Bertz CT molecular complexity index is 528. The summed E-state index contributed by atoms with van der Waals surface area (Å²) in [6, 6.07) is 7.42. The van der Waals surface area contributed by atoms with E-state index in [1.165, 1.54) is 6.33 Å². The van der Waals surface area contributed by atoms with Gasteiger partial charge >= 0.3 is 0 Å². The van der Waals surface area contributed by atoms with Crippen LogP contribution in [0.25, 0.3) is 0 Å². The van der Waals surface area contributed by atoms with Gasteiger partial charge in [0.25, 0.3) is 0 Å². The molecule has 5 heteroatoms. The number of aromatic nitrogens is 2. The first-order valence-corrected chi connectivity index (χ1v) is 5.56. The molecule has 4 nitrogen and oxygen atoms in total. The van der Waals surface area contributed by atoms with E-state index >= 15 is 0 Å². The Morgan fingerprint density at radius 1 is 1.17 bits per heavy atom. The lowest BCUT2D eigenvalue weighted by atomic mass is 10.1. The van der Waals surface area contributed by atoms with Crippen molar-refractivity contribution in [2.24, 2.45) is 5.73 Å². The van der Waals surface area contributed by atoms with E-state index < -0.39 is 5.82 Å². The van der Waals surface area contributed by atoms with E-state index in [9.17, 15) is 4.39 Å². The van der Waals surface area contributed by atoms with E-state index in [1.54, 1.807) is 7.11 Å². The summed E-state index contributed by atoms with van der Waals surface area (Å²) in [5, 5.41) is 0. The molecule has 0 bridgehead atoms. The van der Waals surface area contributed by atoms with Crippen molar-refractivity contribution in [2.75, 3.05) is 7.11 Å². The fourth-order valence-corrected chi connectivity index (χ4v) is 1.65. The summed E-state index contributed by atoms with van der Waals surface area (Å²) < 4.78 is 18.9. The summed E-state index contributed by atoms with van der Waals surface area (Å²) in [7, 11) is 1.60. The van der Waals surface area contributed by atoms with Crippen LogP contribution >= 0.6 is 0 Å². The third-order valence-corrected chi connectivity index (χ3v) is 2.66. The molecule has 0 aliphatic rings. The number of hydrogen-bond donors (Lipinski definition) is 1. The molecular weight excluding hydrogens is 233 g/mol. The van der Waals surface area contributed by atoms with Crippen LogP contribution in [-0.2, 0) is 13.0 Å². The first-order chi connectivity index (χ1) is 8.74. The van der Waals surface area contributed by atoms with Crippen molar-refractivity contribution in [3.8, 4) is 5.75 Å². The summed E-state index contributed by atoms with van der Waals surface area (Å²) in [6.45, 7) is 0.0734. The van der Waals surface area contributed by atoms with Crippen LogP contribution in [0.2, 0.25) is 0 Å². The average Bonchev–Trinajstić information content (AvgIpc) is 2.42. The number of ether oxygens (including phenoxy) is 1. The molecule has 0 radical (unpaired) electrons. The topological polar surface area (TPSA) is 61.0 Å². The van der Waals surface area contributed by atoms with Crippen molar-refractivity contribution in [2.45, 2.75) is 13.0 Å². The van der Waals surface area contributed by atoms with E-state index in [-0.39, 0.29) is 12.2 Å². The van der Waals surface area contributed by atoms with E-state index in [0.717, 1.165) is 11.3 Å². The average molecular weight is 247 g/mol. The number of nitrogens with zero attached hydrogens (tertiary/aromatic N) is 2. The monoisotopic (exact) mass is 247 g/mol. The lowest BCUT2D eigenvalue weighted by Gasteiger charge is -2.06. The molecular formula is C13H14FN3O. The lowest BCUT2D eigenvalue weighted by molar-refractivity contribution is 0.414. The van der Waals surface area contributed by atoms with Crippen LogP contribution in [0.15, 0.2) is 30.6 Å². The molecule has 18 heavy (non-hydrogen) atoms. The van der Waals surface area contributed by atoms with Crippen molar-refractivity contribution >= 4 is 0 Å². The minimum Gasteiger partial charge on any atom is -0.497 e. The van der Waals surface area contributed by atoms with E-state index in [1.807, 2.05) is 24.3 Å². The quantitative estimate of drug-likeness (QED) is 0.892. The van der Waals surface area contributed by atoms with Gasteiger partial charge in [0.15, 0.2) is 5.82 Å². The zero-order valence-electron chi connectivity index (χ0n) is 10.1. The van der Waals surface area contributed by atoms with E-state index in [2.05, 4.69) is 9.97 Å². The molecule has 2 N–H and O–H groups in total. The van der Waals surface area contributed by atoms with Gasteiger partial charge in [0, 0.05) is 13.0 Å². The Morgan fingerprint density at radius 2 is 1.83 bits per heavy atom. The SMILES string of the molecule is COc1ccc(Cc2ncnc(CN)c2F)cc1. The molecule has 94 valence electrons. The lowest BCUT2D eigenvalue weighted by Crippen LogP contribution is -2.08. The van der Waals surface area contributed by atoms with Gasteiger partial charge in [-0.3, -0.25) is 0 Å². The smallest absolute Gasteiger partial charge is 0.167 e. The van der Waals surface area contributed by atoms with Gasteiger partial charge in [-0.1, -0.05) is 12.1 Å². The first-order valence-electron chi connectivity index (χ1n) is 5.56. The molecule has 0 amide bonds. The summed E-state index contributed by atoms with van der Waals surface area (Å²) in [5.74, 6) is 0.348. The molecule has 2 rings (SSSR count). The fraction of sp³-hybridized carbons (Fsp3) is 0.231. The number of methoxy groups -OCH3 is 1. The van der Waals surface area contributed by atoms with Crippen LogP contribution in [0.4, 0.5) is 4.39 Å². The molecule has 0 aliphatic heterocycles. The van der Waals surface area contributed by atoms with Gasteiger partial charge in [-0.2, -0.15) is 0 Å². The minimum atomic E-state index is -0.421. The number of halogens is 1. The summed E-state index contributed by atoms with van der Waals surface area (Å²) >= 11 is 0. The largest absolute Gasteiger partial charge is 0.497 e. The molecule has 0 spiro atoms.